The summed E-state index contributed by atoms with van der Waals surface area (Å²) in [6, 6.07) is 0. The second kappa shape index (κ2) is 12.9. The third-order valence-corrected chi connectivity index (χ3v) is 1.31. The maximum absolute atomic E-state index is 10.2. The normalized spacial score (nSPS) is 8.53. The van der Waals surface area contributed by atoms with Crippen LogP contribution >= 0.6 is 0 Å². The highest BCUT2D eigenvalue weighted by Crippen LogP contribution is 1.87. The van der Waals surface area contributed by atoms with Crippen LogP contribution in [0, 0.1) is 0 Å². The van der Waals surface area contributed by atoms with Crippen LogP contribution < -0.4 is 0 Å². The number of hydrogen-bond donors (Lipinski definition) is 2. The molecule has 0 aliphatic carbocycles. The quantitative estimate of drug-likeness (QED) is 0.608. The first-order chi connectivity index (χ1) is 7.12. The van der Waals surface area contributed by atoms with Crippen molar-refractivity contribution in [2.75, 3.05) is 27.4 Å². The summed E-state index contributed by atoms with van der Waals surface area (Å²) in [5.74, 6) is -0.637. The monoisotopic (exact) mass is 222 g/mol. The topological polar surface area (TPSA) is 93.1 Å². The molecular formula is C9H18O6. The standard InChI is InChI=1S/C5H10O3.C4H8O3/c1-8-5(7)3-2-4-6;1-7-4(6)2-3-5/h6H,2-4H2,1H3;5H,2-3H2,1H3. The van der Waals surface area contributed by atoms with Gasteiger partial charge in [-0.15, -0.1) is 0 Å². The van der Waals surface area contributed by atoms with Crippen molar-refractivity contribution in [3.05, 3.63) is 0 Å². The lowest BCUT2D eigenvalue weighted by Crippen LogP contribution is -2.01. The van der Waals surface area contributed by atoms with Gasteiger partial charge in [-0.05, 0) is 6.42 Å². The van der Waals surface area contributed by atoms with Gasteiger partial charge in [-0.3, -0.25) is 9.59 Å². The van der Waals surface area contributed by atoms with Crippen LogP contribution in [0.2, 0.25) is 0 Å². The number of methoxy groups -OCH3 is 2. The van der Waals surface area contributed by atoms with Crippen molar-refractivity contribution >= 4 is 11.9 Å². The average Bonchev–Trinajstić information content (AvgIpc) is 2.26. The highest BCUT2D eigenvalue weighted by molar-refractivity contribution is 5.69. The predicted molar refractivity (Wildman–Crippen MR) is 52.1 cm³/mol. The summed E-state index contributed by atoms with van der Waals surface area (Å²) in [5.41, 5.74) is 0. The molecule has 0 aliphatic rings. The Morgan fingerprint density at radius 1 is 0.933 bits per heavy atom. The third kappa shape index (κ3) is 15.6. The molecule has 0 saturated heterocycles. The van der Waals surface area contributed by atoms with Gasteiger partial charge in [0.05, 0.1) is 27.2 Å². The largest absolute Gasteiger partial charge is 0.469 e. The Kier molecular flexibility index (Phi) is 14.0. The van der Waals surface area contributed by atoms with Gasteiger partial charge in [-0.1, -0.05) is 0 Å². The predicted octanol–water partition coefficient (Wildman–Crippen LogP) is -0.526. The second-order valence-electron chi connectivity index (χ2n) is 2.45. The first-order valence-electron chi connectivity index (χ1n) is 4.47. The molecule has 6 heteroatoms. The van der Waals surface area contributed by atoms with Gasteiger partial charge in [-0.2, -0.15) is 0 Å². The molecule has 0 aliphatic heterocycles. The number of ether oxygens (including phenoxy) is 2. The molecule has 0 bridgehead atoms. The molecule has 0 amide bonds. The summed E-state index contributed by atoms with van der Waals surface area (Å²) in [5, 5.41) is 16.3. The molecule has 0 unspecified atom stereocenters. The molecule has 0 atom stereocenters. The number of hydrogen-bond acceptors (Lipinski definition) is 6. The molecule has 0 aromatic carbocycles. The van der Waals surface area contributed by atoms with E-state index in [1.807, 2.05) is 0 Å². The first-order valence-corrected chi connectivity index (χ1v) is 4.47. The fourth-order valence-electron chi connectivity index (χ4n) is 0.519. The molecule has 6 nitrogen and oxygen atoms in total. The Balaban J connectivity index is 0. The van der Waals surface area contributed by atoms with Crippen LogP contribution in [0.15, 0.2) is 0 Å². The molecule has 0 aromatic rings. The van der Waals surface area contributed by atoms with Crippen molar-refractivity contribution in [3.63, 3.8) is 0 Å². The minimum Gasteiger partial charge on any atom is -0.469 e. The van der Waals surface area contributed by atoms with E-state index >= 15 is 0 Å². The van der Waals surface area contributed by atoms with Crippen LogP contribution in [0.1, 0.15) is 19.3 Å². The maximum Gasteiger partial charge on any atom is 0.307 e. The van der Waals surface area contributed by atoms with Crippen LogP contribution in [0.3, 0.4) is 0 Å². The number of carbonyl (C=O) groups is 2. The van der Waals surface area contributed by atoms with E-state index in [2.05, 4.69) is 9.47 Å². The Hall–Kier alpha value is -1.14. The molecular weight excluding hydrogens is 204 g/mol. The summed E-state index contributed by atoms with van der Waals surface area (Å²) >= 11 is 0. The Morgan fingerprint density at radius 2 is 1.40 bits per heavy atom. The molecule has 0 spiro atoms. The van der Waals surface area contributed by atoms with E-state index in [0.29, 0.717) is 12.8 Å². The van der Waals surface area contributed by atoms with Crippen molar-refractivity contribution in [2.45, 2.75) is 19.3 Å². The summed E-state index contributed by atoms with van der Waals surface area (Å²) < 4.78 is 8.49. The van der Waals surface area contributed by atoms with Gasteiger partial charge in [0.1, 0.15) is 0 Å². The van der Waals surface area contributed by atoms with Crippen LogP contribution in [0.4, 0.5) is 0 Å². The Morgan fingerprint density at radius 3 is 1.67 bits per heavy atom. The fraction of sp³-hybridized carbons (Fsp3) is 0.778. The van der Waals surface area contributed by atoms with Crippen LogP contribution in [0.5, 0.6) is 0 Å². The lowest BCUT2D eigenvalue weighted by atomic mass is 10.3. The average molecular weight is 222 g/mol. The van der Waals surface area contributed by atoms with E-state index in [4.69, 9.17) is 10.2 Å². The molecule has 0 rings (SSSR count). The number of rotatable bonds is 5. The zero-order chi connectivity index (χ0) is 12.1. The van der Waals surface area contributed by atoms with E-state index in [9.17, 15) is 9.59 Å². The molecule has 2 N–H and O–H groups in total. The summed E-state index contributed by atoms with van der Waals surface area (Å²) in [6.45, 7) is -0.0816. The van der Waals surface area contributed by atoms with Crippen LogP contribution in [0.25, 0.3) is 0 Å². The molecule has 0 saturated carbocycles. The van der Waals surface area contributed by atoms with E-state index in [1.165, 1.54) is 14.2 Å². The van der Waals surface area contributed by atoms with Gasteiger partial charge in [0, 0.05) is 13.0 Å². The highest BCUT2D eigenvalue weighted by Gasteiger charge is 1.95. The molecule has 0 aromatic heterocycles. The van der Waals surface area contributed by atoms with Crippen molar-refractivity contribution in [2.24, 2.45) is 0 Å². The zero-order valence-corrected chi connectivity index (χ0v) is 9.06. The van der Waals surface area contributed by atoms with E-state index in [0.717, 1.165) is 0 Å². The minimum atomic E-state index is -0.373. The number of aliphatic hydroxyl groups excluding tert-OH is 2. The van der Waals surface area contributed by atoms with Crippen molar-refractivity contribution in [3.8, 4) is 0 Å². The molecule has 90 valence electrons. The van der Waals surface area contributed by atoms with E-state index in [-0.39, 0.29) is 31.6 Å². The van der Waals surface area contributed by atoms with Gasteiger partial charge in [0.25, 0.3) is 0 Å². The zero-order valence-electron chi connectivity index (χ0n) is 9.06. The lowest BCUT2D eigenvalue weighted by Gasteiger charge is -1.93. The third-order valence-electron chi connectivity index (χ3n) is 1.31. The van der Waals surface area contributed by atoms with Crippen molar-refractivity contribution < 1.29 is 29.3 Å². The van der Waals surface area contributed by atoms with Crippen LogP contribution in [-0.2, 0) is 19.1 Å². The molecule has 0 heterocycles. The minimum absolute atomic E-state index is 0.0507. The van der Waals surface area contributed by atoms with Gasteiger partial charge >= 0.3 is 11.9 Å². The summed E-state index contributed by atoms with van der Waals surface area (Å²) in [6.07, 6.45) is 0.899. The van der Waals surface area contributed by atoms with Gasteiger partial charge in [-0.25, -0.2) is 0 Å². The second-order valence-corrected chi connectivity index (χ2v) is 2.45. The Bertz CT molecular complexity index is 168. The fourth-order valence-corrected chi connectivity index (χ4v) is 0.519. The van der Waals surface area contributed by atoms with Crippen LogP contribution in [-0.4, -0.2) is 49.6 Å². The highest BCUT2D eigenvalue weighted by atomic mass is 16.5. The van der Waals surface area contributed by atoms with Gasteiger partial charge in [0.2, 0.25) is 0 Å². The molecule has 0 radical (unpaired) electrons. The van der Waals surface area contributed by atoms with Crippen molar-refractivity contribution in [1.29, 1.82) is 0 Å². The Labute approximate surface area is 88.8 Å². The van der Waals surface area contributed by atoms with E-state index < -0.39 is 0 Å². The molecule has 15 heavy (non-hydrogen) atoms. The van der Waals surface area contributed by atoms with E-state index in [1.54, 1.807) is 0 Å². The lowest BCUT2D eigenvalue weighted by molar-refractivity contribution is -0.142. The number of esters is 2. The summed E-state index contributed by atoms with van der Waals surface area (Å²) in [7, 11) is 2.62. The number of aliphatic hydroxyl groups is 2. The molecule has 0 fully saturated rings. The summed E-state index contributed by atoms with van der Waals surface area (Å²) in [4.78, 5) is 20.3. The van der Waals surface area contributed by atoms with Crippen molar-refractivity contribution in [1.82, 2.24) is 0 Å². The van der Waals surface area contributed by atoms with Gasteiger partial charge in [0.15, 0.2) is 0 Å². The smallest absolute Gasteiger partial charge is 0.307 e. The maximum atomic E-state index is 10.2. The SMILES string of the molecule is COC(=O)CCCO.COC(=O)CCO. The van der Waals surface area contributed by atoms with Gasteiger partial charge < -0.3 is 19.7 Å². The number of carbonyl (C=O) groups excluding carboxylic acids is 2. The first kappa shape index (κ1) is 16.3.